The number of carbonyl (C=O) groups excluding carboxylic acids is 1. The predicted octanol–water partition coefficient (Wildman–Crippen LogP) is 1.07. The maximum absolute atomic E-state index is 12.0. The number of rotatable bonds is 6. The molecule has 0 saturated carbocycles. The highest BCUT2D eigenvalue weighted by Crippen LogP contribution is 2.09. The molecule has 1 atom stereocenters. The summed E-state index contributed by atoms with van der Waals surface area (Å²) in [4.78, 5) is 12.0. The van der Waals surface area contributed by atoms with Crippen molar-refractivity contribution >= 4 is 5.91 Å². The van der Waals surface area contributed by atoms with Crippen LogP contribution in [-0.4, -0.2) is 30.5 Å². The van der Waals surface area contributed by atoms with E-state index in [0.29, 0.717) is 0 Å². The van der Waals surface area contributed by atoms with Gasteiger partial charge in [0.25, 0.3) is 0 Å². The van der Waals surface area contributed by atoms with Crippen molar-refractivity contribution in [1.82, 2.24) is 29.9 Å². The third-order valence-electron chi connectivity index (χ3n) is 2.95. The number of hydrogen-bond acceptors (Lipinski definition) is 4. The smallest absolute Gasteiger partial charge is 0.242 e. The van der Waals surface area contributed by atoms with E-state index >= 15 is 0 Å². The van der Waals surface area contributed by atoms with Gasteiger partial charge in [-0.15, -0.1) is 10.2 Å². The van der Waals surface area contributed by atoms with Crippen molar-refractivity contribution in [2.75, 3.05) is 0 Å². The van der Waals surface area contributed by atoms with E-state index in [9.17, 15) is 4.79 Å². The molecule has 2 rings (SSSR count). The maximum Gasteiger partial charge on any atom is 0.242 e. The largest absolute Gasteiger partial charge is 0.345 e. The topological polar surface area (TPSA) is 77.6 Å². The highest BCUT2D eigenvalue weighted by atomic mass is 16.2. The predicted molar refractivity (Wildman–Crippen MR) is 73.8 cm³/mol. The maximum atomic E-state index is 12.0. The molecule has 2 aromatic heterocycles. The molecule has 1 amide bonds. The SMILES string of the molecule is CCCn1cnnc1[C@@H](C)NC(=O)Cn1ccc(C)n1. The second-order valence-corrected chi connectivity index (χ2v) is 4.83. The Labute approximate surface area is 118 Å². The third kappa shape index (κ3) is 3.43. The zero-order valence-electron chi connectivity index (χ0n) is 12.1. The van der Waals surface area contributed by atoms with Gasteiger partial charge in [-0.2, -0.15) is 5.10 Å². The minimum Gasteiger partial charge on any atom is -0.345 e. The van der Waals surface area contributed by atoms with Gasteiger partial charge >= 0.3 is 0 Å². The molecule has 108 valence electrons. The van der Waals surface area contributed by atoms with Crippen LogP contribution >= 0.6 is 0 Å². The lowest BCUT2D eigenvalue weighted by atomic mass is 10.3. The van der Waals surface area contributed by atoms with Crippen molar-refractivity contribution in [2.45, 2.75) is 46.3 Å². The van der Waals surface area contributed by atoms with Crippen LogP contribution in [0.5, 0.6) is 0 Å². The molecule has 0 saturated heterocycles. The lowest BCUT2D eigenvalue weighted by Crippen LogP contribution is -2.31. The highest BCUT2D eigenvalue weighted by Gasteiger charge is 2.15. The summed E-state index contributed by atoms with van der Waals surface area (Å²) in [6, 6.07) is 1.70. The summed E-state index contributed by atoms with van der Waals surface area (Å²) in [5.41, 5.74) is 0.897. The van der Waals surface area contributed by atoms with E-state index in [0.717, 1.165) is 24.5 Å². The number of nitrogens with one attached hydrogen (secondary N) is 1. The van der Waals surface area contributed by atoms with Gasteiger partial charge in [0, 0.05) is 12.7 Å². The van der Waals surface area contributed by atoms with Crippen molar-refractivity contribution in [3.8, 4) is 0 Å². The van der Waals surface area contributed by atoms with Crippen LogP contribution in [-0.2, 0) is 17.9 Å². The molecule has 2 aromatic rings. The summed E-state index contributed by atoms with van der Waals surface area (Å²) in [5.74, 6) is 0.684. The number of carbonyl (C=O) groups is 1. The van der Waals surface area contributed by atoms with Crippen LogP contribution in [0.25, 0.3) is 0 Å². The zero-order valence-corrected chi connectivity index (χ0v) is 12.1. The minimum atomic E-state index is -0.173. The van der Waals surface area contributed by atoms with Crippen molar-refractivity contribution < 1.29 is 4.79 Å². The van der Waals surface area contributed by atoms with Gasteiger partial charge in [0.1, 0.15) is 12.9 Å². The Morgan fingerprint density at radius 1 is 1.50 bits per heavy atom. The lowest BCUT2D eigenvalue weighted by molar-refractivity contribution is -0.122. The van der Waals surface area contributed by atoms with E-state index < -0.39 is 0 Å². The molecule has 0 aromatic carbocycles. The molecule has 0 spiro atoms. The van der Waals surface area contributed by atoms with Crippen LogP contribution in [0, 0.1) is 6.92 Å². The summed E-state index contributed by atoms with van der Waals surface area (Å²) >= 11 is 0. The molecule has 0 aliphatic heterocycles. The normalized spacial score (nSPS) is 12.3. The molecule has 20 heavy (non-hydrogen) atoms. The second kappa shape index (κ2) is 6.31. The second-order valence-electron chi connectivity index (χ2n) is 4.83. The summed E-state index contributed by atoms with van der Waals surface area (Å²) < 4.78 is 3.58. The standard InChI is InChI=1S/C13H20N6O/c1-4-6-18-9-14-16-13(18)11(3)15-12(20)8-19-7-5-10(2)17-19/h5,7,9,11H,4,6,8H2,1-3H3,(H,15,20)/t11-/m1/s1. The molecule has 0 unspecified atom stereocenters. The average Bonchev–Trinajstić information content (AvgIpc) is 2.99. The highest BCUT2D eigenvalue weighted by molar-refractivity contribution is 5.75. The number of aromatic nitrogens is 5. The number of amides is 1. The van der Waals surface area contributed by atoms with Crippen LogP contribution in [0.1, 0.15) is 37.8 Å². The molecular formula is C13H20N6O. The van der Waals surface area contributed by atoms with Gasteiger partial charge in [-0.3, -0.25) is 9.48 Å². The fourth-order valence-corrected chi connectivity index (χ4v) is 2.06. The first-order valence-electron chi connectivity index (χ1n) is 6.77. The van der Waals surface area contributed by atoms with Gasteiger partial charge in [-0.1, -0.05) is 6.92 Å². The van der Waals surface area contributed by atoms with Crippen molar-refractivity contribution in [3.63, 3.8) is 0 Å². The molecule has 2 heterocycles. The Morgan fingerprint density at radius 3 is 2.95 bits per heavy atom. The van der Waals surface area contributed by atoms with E-state index in [-0.39, 0.29) is 18.5 Å². The van der Waals surface area contributed by atoms with Gasteiger partial charge in [-0.05, 0) is 26.3 Å². The Bertz CT molecular complexity index is 573. The molecule has 1 N–H and O–H groups in total. The van der Waals surface area contributed by atoms with Gasteiger partial charge in [0.05, 0.1) is 11.7 Å². The molecule has 7 heteroatoms. The molecular weight excluding hydrogens is 256 g/mol. The summed E-state index contributed by atoms with van der Waals surface area (Å²) in [7, 11) is 0. The first kappa shape index (κ1) is 14.2. The van der Waals surface area contributed by atoms with Gasteiger partial charge in [0.15, 0.2) is 5.82 Å². The number of aryl methyl sites for hydroxylation is 2. The van der Waals surface area contributed by atoms with Crippen LogP contribution < -0.4 is 5.32 Å². The van der Waals surface area contributed by atoms with Crippen molar-refractivity contribution in [3.05, 3.63) is 30.1 Å². The first-order chi connectivity index (χ1) is 9.60. The Balaban J connectivity index is 1.94. The molecule has 0 aliphatic carbocycles. The Morgan fingerprint density at radius 2 is 2.30 bits per heavy atom. The fourth-order valence-electron chi connectivity index (χ4n) is 2.06. The first-order valence-corrected chi connectivity index (χ1v) is 6.77. The summed E-state index contributed by atoms with van der Waals surface area (Å²) in [5, 5.41) is 15.1. The van der Waals surface area contributed by atoms with Crippen LogP contribution in [0.2, 0.25) is 0 Å². The van der Waals surface area contributed by atoms with E-state index in [4.69, 9.17) is 0 Å². The van der Waals surface area contributed by atoms with E-state index in [1.807, 2.05) is 24.5 Å². The van der Waals surface area contributed by atoms with Gasteiger partial charge < -0.3 is 9.88 Å². The summed E-state index contributed by atoms with van der Waals surface area (Å²) in [6.45, 7) is 6.95. The molecule has 7 nitrogen and oxygen atoms in total. The van der Waals surface area contributed by atoms with Gasteiger partial charge in [0.2, 0.25) is 5.91 Å². The fraction of sp³-hybridized carbons (Fsp3) is 0.538. The lowest BCUT2D eigenvalue weighted by Gasteiger charge is -2.14. The molecule has 0 radical (unpaired) electrons. The molecule has 0 bridgehead atoms. The molecule has 0 aliphatic rings. The van der Waals surface area contributed by atoms with Gasteiger partial charge in [-0.25, -0.2) is 0 Å². The van der Waals surface area contributed by atoms with Crippen molar-refractivity contribution in [1.29, 1.82) is 0 Å². The Hall–Kier alpha value is -2.18. The number of nitrogens with zero attached hydrogens (tertiary/aromatic N) is 5. The third-order valence-corrected chi connectivity index (χ3v) is 2.95. The van der Waals surface area contributed by atoms with Crippen molar-refractivity contribution in [2.24, 2.45) is 0 Å². The van der Waals surface area contributed by atoms with E-state index in [2.05, 4.69) is 27.5 Å². The minimum absolute atomic E-state index is 0.0911. The van der Waals surface area contributed by atoms with Crippen LogP contribution in [0.4, 0.5) is 0 Å². The zero-order chi connectivity index (χ0) is 14.5. The Kier molecular flexibility index (Phi) is 4.49. The van der Waals surface area contributed by atoms with E-state index in [1.165, 1.54) is 0 Å². The van der Waals surface area contributed by atoms with E-state index in [1.54, 1.807) is 17.2 Å². The van der Waals surface area contributed by atoms with Crippen LogP contribution in [0.3, 0.4) is 0 Å². The van der Waals surface area contributed by atoms with Crippen LogP contribution in [0.15, 0.2) is 18.6 Å². The monoisotopic (exact) mass is 276 g/mol. The quantitative estimate of drug-likeness (QED) is 0.856. The summed E-state index contributed by atoms with van der Waals surface area (Å²) in [6.07, 6.45) is 4.48. The average molecular weight is 276 g/mol. The molecule has 0 fully saturated rings. The number of hydrogen-bond donors (Lipinski definition) is 1.